The molecule has 0 radical (unpaired) electrons. The monoisotopic (exact) mass is 356 g/mol. The van der Waals surface area contributed by atoms with Gasteiger partial charge in [0.1, 0.15) is 0 Å². The lowest BCUT2D eigenvalue weighted by Gasteiger charge is -2.38. The highest BCUT2D eigenvalue weighted by Crippen LogP contribution is 2.31. The first kappa shape index (κ1) is 17.3. The average molecular weight is 356 g/mol. The maximum absolute atomic E-state index is 4.44. The summed E-state index contributed by atoms with van der Waals surface area (Å²) in [6.45, 7) is 6.07. The van der Waals surface area contributed by atoms with Crippen LogP contribution in [-0.2, 0) is 0 Å². The first-order valence-electron chi connectivity index (χ1n) is 9.90. The molecule has 2 aliphatic rings. The van der Waals surface area contributed by atoms with Crippen molar-refractivity contribution in [1.29, 1.82) is 0 Å². The molecule has 1 saturated heterocycles. The molecule has 1 aliphatic carbocycles. The van der Waals surface area contributed by atoms with E-state index in [1.165, 1.54) is 32.1 Å². The number of piperazine rings is 1. The fraction of sp³-hybridized carbons (Fsp3) is 0.722. The van der Waals surface area contributed by atoms with Crippen molar-refractivity contribution in [3.05, 3.63) is 24.3 Å². The molecule has 4 rings (SSSR count). The van der Waals surface area contributed by atoms with Gasteiger partial charge in [0.15, 0.2) is 5.82 Å². The molecule has 1 atom stereocenters. The Kier molecular flexibility index (Phi) is 5.38. The third-order valence-electron chi connectivity index (χ3n) is 5.71. The molecule has 0 aromatic carbocycles. The van der Waals surface area contributed by atoms with Gasteiger partial charge < -0.3 is 4.90 Å². The summed E-state index contributed by atoms with van der Waals surface area (Å²) in [6.07, 6.45) is 11.0. The van der Waals surface area contributed by atoms with Crippen molar-refractivity contribution < 1.29 is 0 Å². The number of aromatic nitrogens is 6. The number of anilines is 1. The fourth-order valence-electron chi connectivity index (χ4n) is 4.30. The zero-order chi connectivity index (χ0) is 17.8. The van der Waals surface area contributed by atoms with Gasteiger partial charge in [0.25, 0.3) is 0 Å². The van der Waals surface area contributed by atoms with E-state index in [0.717, 1.165) is 44.4 Å². The number of hydrogen-bond acceptors (Lipinski definition) is 7. The highest BCUT2D eigenvalue weighted by Gasteiger charge is 2.30. The Morgan fingerprint density at radius 3 is 2.46 bits per heavy atom. The lowest BCUT2D eigenvalue weighted by Crippen LogP contribution is -2.48. The van der Waals surface area contributed by atoms with Gasteiger partial charge in [0.2, 0.25) is 5.95 Å². The van der Waals surface area contributed by atoms with Crippen LogP contribution in [0.5, 0.6) is 0 Å². The Balaban J connectivity index is 1.45. The lowest BCUT2D eigenvalue weighted by molar-refractivity contribution is 0.163. The summed E-state index contributed by atoms with van der Waals surface area (Å²) in [5.74, 6) is 1.87. The van der Waals surface area contributed by atoms with Crippen LogP contribution >= 0.6 is 0 Å². The minimum absolute atomic E-state index is 0.283. The SMILES string of the molecule is CCC(c1nnnn1C1CCCCC1)N1CCN(c2ncccn2)CC1. The van der Waals surface area contributed by atoms with Gasteiger partial charge in [-0.15, -0.1) is 5.10 Å². The van der Waals surface area contributed by atoms with Crippen molar-refractivity contribution in [2.24, 2.45) is 0 Å². The van der Waals surface area contributed by atoms with Crippen LogP contribution in [0.2, 0.25) is 0 Å². The molecule has 1 aliphatic heterocycles. The van der Waals surface area contributed by atoms with Crippen LogP contribution in [0.4, 0.5) is 5.95 Å². The van der Waals surface area contributed by atoms with E-state index in [1.54, 1.807) is 0 Å². The third kappa shape index (κ3) is 3.56. The second-order valence-electron chi connectivity index (χ2n) is 7.27. The van der Waals surface area contributed by atoms with Gasteiger partial charge in [0, 0.05) is 38.6 Å². The molecule has 8 nitrogen and oxygen atoms in total. The smallest absolute Gasteiger partial charge is 0.225 e. The summed E-state index contributed by atoms with van der Waals surface area (Å²) in [4.78, 5) is 13.5. The molecule has 0 spiro atoms. The van der Waals surface area contributed by atoms with E-state index in [2.05, 4.69) is 46.9 Å². The summed E-state index contributed by atoms with van der Waals surface area (Å²) in [5.41, 5.74) is 0. The number of tetrazole rings is 1. The quantitative estimate of drug-likeness (QED) is 0.813. The fourth-order valence-corrected chi connectivity index (χ4v) is 4.30. The zero-order valence-corrected chi connectivity index (χ0v) is 15.5. The summed E-state index contributed by atoms with van der Waals surface area (Å²) in [6, 6.07) is 2.62. The standard InChI is InChI=1S/C18H28N8/c1-2-16(17-21-22-23-26(17)15-7-4-3-5-8-15)24-11-13-25(14-12-24)18-19-9-6-10-20-18/h6,9-10,15-16H,2-5,7-8,11-14H2,1H3. The molecule has 0 N–H and O–H groups in total. The molecule has 140 valence electrons. The molecule has 2 fully saturated rings. The molecule has 2 aromatic rings. The second kappa shape index (κ2) is 8.07. The molecule has 1 saturated carbocycles. The summed E-state index contributed by atoms with van der Waals surface area (Å²) >= 11 is 0. The molecule has 1 unspecified atom stereocenters. The summed E-state index contributed by atoms with van der Waals surface area (Å²) < 4.78 is 2.13. The van der Waals surface area contributed by atoms with E-state index in [-0.39, 0.29) is 6.04 Å². The molecular formula is C18H28N8. The van der Waals surface area contributed by atoms with Crippen molar-refractivity contribution >= 4 is 5.95 Å². The Morgan fingerprint density at radius 2 is 1.77 bits per heavy atom. The maximum Gasteiger partial charge on any atom is 0.225 e. The Labute approximate surface area is 154 Å². The molecule has 0 amide bonds. The predicted octanol–water partition coefficient (Wildman–Crippen LogP) is 2.24. The zero-order valence-electron chi connectivity index (χ0n) is 15.5. The number of rotatable bonds is 5. The van der Waals surface area contributed by atoms with Crippen LogP contribution < -0.4 is 4.90 Å². The van der Waals surface area contributed by atoms with E-state index in [1.807, 2.05) is 18.5 Å². The van der Waals surface area contributed by atoms with E-state index in [4.69, 9.17) is 0 Å². The first-order valence-corrected chi connectivity index (χ1v) is 9.90. The van der Waals surface area contributed by atoms with Crippen LogP contribution in [-0.4, -0.2) is 61.3 Å². The average Bonchev–Trinajstić information content (AvgIpc) is 3.20. The molecule has 0 bridgehead atoms. The predicted molar refractivity (Wildman–Crippen MR) is 98.8 cm³/mol. The van der Waals surface area contributed by atoms with E-state index in [0.29, 0.717) is 6.04 Å². The van der Waals surface area contributed by atoms with Gasteiger partial charge in [0.05, 0.1) is 12.1 Å². The van der Waals surface area contributed by atoms with Crippen molar-refractivity contribution in [2.75, 3.05) is 31.1 Å². The molecule has 8 heteroatoms. The molecule has 2 aromatic heterocycles. The second-order valence-corrected chi connectivity index (χ2v) is 7.27. The first-order chi connectivity index (χ1) is 12.9. The van der Waals surface area contributed by atoms with Crippen LogP contribution in [0.25, 0.3) is 0 Å². The number of hydrogen-bond donors (Lipinski definition) is 0. The van der Waals surface area contributed by atoms with Crippen LogP contribution in [0.1, 0.15) is 63.4 Å². The molecule has 26 heavy (non-hydrogen) atoms. The Bertz CT molecular complexity index is 674. The van der Waals surface area contributed by atoms with Gasteiger partial charge in [-0.25, -0.2) is 14.6 Å². The minimum atomic E-state index is 0.283. The van der Waals surface area contributed by atoms with E-state index < -0.39 is 0 Å². The highest BCUT2D eigenvalue weighted by molar-refractivity contribution is 5.29. The lowest BCUT2D eigenvalue weighted by atomic mass is 9.95. The topological polar surface area (TPSA) is 75.9 Å². The van der Waals surface area contributed by atoms with Gasteiger partial charge in [-0.3, -0.25) is 4.90 Å². The van der Waals surface area contributed by atoms with Gasteiger partial charge in [-0.2, -0.15) is 0 Å². The highest BCUT2D eigenvalue weighted by atomic mass is 15.6. The van der Waals surface area contributed by atoms with Crippen molar-refractivity contribution in [2.45, 2.75) is 57.5 Å². The van der Waals surface area contributed by atoms with Gasteiger partial charge >= 0.3 is 0 Å². The van der Waals surface area contributed by atoms with Gasteiger partial charge in [-0.1, -0.05) is 26.2 Å². The van der Waals surface area contributed by atoms with E-state index in [9.17, 15) is 0 Å². The van der Waals surface area contributed by atoms with Crippen molar-refractivity contribution in [3.63, 3.8) is 0 Å². The summed E-state index contributed by atoms with van der Waals surface area (Å²) in [7, 11) is 0. The van der Waals surface area contributed by atoms with Crippen LogP contribution in [0.3, 0.4) is 0 Å². The van der Waals surface area contributed by atoms with Gasteiger partial charge in [-0.05, 0) is 35.8 Å². The van der Waals surface area contributed by atoms with Crippen molar-refractivity contribution in [1.82, 2.24) is 35.1 Å². The normalized spacial score (nSPS) is 21.0. The van der Waals surface area contributed by atoms with Crippen molar-refractivity contribution in [3.8, 4) is 0 Å². The van der Waals surface area contributed by atoms with Crippen LogP contribution in [0, 0.1) is 0 Å². The Morgan fingerprint density at radius 1 is 1.04 bits per heavy atom. The van der Waals surface area contributed by atoms with E-state index >= 15 is 0 Å². The largest absolute Gasteiger partial charge is 0.338 e. The molecule has 3 heterocycles. The minimum Gasteiger partial charge on any atom is -0.338 e. The number of nitrogens with zero attached hydrogens (tertiary/aromatic N) is 8. The third-order valence-corrected chi connectivity index (χ3v) is 5.71. The van der Waals surface area contributed by atoms with Crippen LogP contribution in [0.15, 0.2) is 18.5 Å². The summed E-state index contributed by atoms with van der Waals surface area (Å²) in [5, 5.41) is 12.8. The molecular weight excluding hydrogens is 328 g/mol. The maximum atomic E-state index is 4.44. The Hall–Kier alpha value is -2.09.